The number of carbonyl (C=O) groups excluding carboxylic acids is 1. The molecule has 0 saturated carbocycles. The Morgan fingerprint density at radius 2 is 2.25 bits per heavy atom. The largest absolute Gasteiger partial charge is 0.378 e. The van der Waals surface area contributed by atoms with Crippen molar-refractivity contribution in [1.82, 2.24) is 15.6 Å². The SMILES string of the molecule is Cc1cccc(CNC(=O)CCOC2CCNCC2)n1. The summed E-state index contributed by atoms with van der Waals surface area (Å²) in [6.45, 7) is 4.94. The van der Waals surface area contributed by atoms with Crippen LogP contribution in [-0.4, -0.2) is 36.7 Å². The average Bonchev–Trinajstić information content (AvgIpc) is 2.46. The number of hydrogen-bond donors (Lipinski definition) is 2. The van der Waals surface area contributed by atoms with Gasteiger partial charge in [0.05, 0.1) is 24.9 Å². The van der Waals surface area contributed by atoms with Crippen LogP contribution in [0.1, 0.15) is 30.7 Å². The monoisotopic (exact) mass is 277 g/mol. The van der Waals surface area contributed by atoms with E-state index >= 15 is 0 Å². The highest BCUT2D eigenvalue weighted by atomic mass is 16.5. The van der Waals surface area contributed by atoms with E-state index in [0.717, 1.165) is 37.3 Å². The lowest BCUT2D eigenvalue weighted by atomic mass is 10.1. The summed E-state index contributed by atoms with van der Waals surface area (Å²) in [4.78, 5) is 16.1. The molecule has 1 aliphatic rings. The van der Waals surface area contributed by atoms with Crippen molar-refractivity contribution in [3.05, 3.63) is 29.6 Å². The molecule has 1 aromatic heterocycles. The van der Waals surface area contributed by atoms with E-state index < -0.39 is 0 Å². The molecule has 0 radical (unpaired) electrons. The molecule has 110 valence electrons. The third kappa shape index (κ3) is 5.27. The first-order chi connectivity index (χ1) is 9.74. The zero-order chi connectivity index (χ0) is 14.2. The first kappa shape index (κ1) is 14.9. The zero-order valence-electron chi connectivity index (χ0n) is 12.0. The van der Waals surface area contributed by atoms with Gasteiger partial charge < -0.3 is 15.4 Å². The van der Waals surface area contributed by atoms with Gasteiger partial charge in [0.15, 0.2) is 0 Å². The van der Waals surface area contributed by atoms with Crippen LogP contribution in [0.25, 0.3) is 0 Å². The molecule has 0 spiro atoms. The maximum atomic E-state index is 11.7. The number of aromatic nitrogens is 1. The molecule has 0 bridgehead atoms. The summed E-state index contributed by atoms with van der Waals surface area (Å²) < 4.78 is 5.71. The lowest BCUT2D eigenvalue weighted by Crippen LogP contribution is -2.33. The van der Waals surface area contributed by atoms with Crippen molar-refractivity contribution < 1.29 is 9.53 Å². The van der Waals surface area contributed by atoms with Gasteiger partial charge in [-0.2, -0.15) is 0 Å². The van der Waals surface area contributed by atoms with Crippen LogP contribution < -0.4 is 10.6 Å². The lowest BCUT2D eigenvalue weighted by Gasteiger charge is -2.22. The number of ether oxygens (including phenoxy) is 1. The number of nitrogens with zero attached hydrogens (tertiary/aromatic N) is 1. The summed E-state index contributed by atoms with van der Waals surface area (Å²) >= 11 is 0. The van der Waals surface area contributed by atoms with Crippen molar-refractivity contribution in [1.29, 1.82) is 0 Å². The minimum atomic E-state index is 0.0160. The fourth-order valence-corrected chi connectivity index (χ4v) is 2.26. The van der Waals surface area contributed by atoms with Gasteiger partial charge in [-0.1, -0.05) is 6.07 Å². The van der Waals surface area contributed by atoms with Gasteiger partial charge in [0.2, 0.25) is 5.91 Å². The van der Waals surface area contributed by atoms with E-state index in [4.69, 9.17) is 4.74 Å². The summed E-state index contributed by atoms with van der Waals surface area (Å²) in [5.74, 6) is 0.0160. The van der Waals surface area contributed by atoms with Crippen molar-refractivity contribution >= 4 is 5.91 Å². The molecule has 2 N–H and O–H groups in total. The van der Waals surface area contributed by atoms with Crippen LogP contribution in [0.5, 0.6) is 0 Å². The van der Waals surface area contributed by atoms with Gasteiger partial charge in [-0.25, -0.2) is 0 Å². The summed E-state index contributed by atoms with van der Waals surface area (Å²) in [7, 11) is 0. The number of piperidine rings is 1. The molecule has 1 amide bonds. The zero-order valence-corrected chi connectivity index (χ0v) is 12.0. The summed E-state index contributed by atoms with van der Waals surface area (Å²) in [6, 6.07) is 5.81. The Morgan fingerprint density at radius 3 is 3.00 bits per heavy atom. The lowest BCUT2D eigenvalue weighted by molar-refractivity contribution is -0.122. The molecular formula is C15H23N3O2. The number of nitrogens with one attached hydrogen (secondary N) is 2. The van der Waals surface area contributed by atoms with Crippen molar-refractivity contribution in [3.8, 4) is 0 Å². The predicted molar refractivity (Wildman–Crippen MR) is 77.3 cm³/mol. The minimum absolute atomic E-state index is 0.0160. The van der Waals surface area contributed by atoms with Gasteiger partial charge >= 0.3 is 0 Å². The standard InChI is InChI=1S/C15H23N3O2/c1-12-3-2-4-13(18-12)11-17-15(19)7-10-20-14-5-8-16-9-6-14/h2-4,14,16H,5-11H2,1H3,(H,17,19). The van der Waals surface area contributed by atoms with E-state index in [1.54, 1.807) is 0 Å². The number of aryl methyl sites for hydroxylation is 1. The predicted octanol–water partition coefficient (Wildman–Crippen LogP) is 1.16. The average molecular weight is 277 g/mol. The van der Waals surface area contributed by atoms with E-state index in [-0.39, 0.29) is 5.91 Å². The molecule has 0 aromatic carbocycles. The van der Waals surface area contributed by atoms with Crippen LogP contribution in [0.3, 0.4) is 0 Å². The second-order valence-corrected chi connectivity index (χ2v) is 5.12. The van der Waals surface area contributed by atoms with Gasteiger partial charge in [0, 0.05) is 12.1 Å². The molecule has 2 heterocycles. The Balaban J connectivity index is 1.60. The molecule has 1 saturated heterocycles. The summed E-state index contributed by atoms with van der Waals surface area (Å²) in [5, 5.41) is 6.16. The van der Waals surface area contributed by atoms with Crippen LogP contribution in [0.2, 0.25) is 0 Å². The second kappa shape index (κ2) is 7.97. The van der Waals surface area contributed by atoms with Crippen LogP contribution in [0, 0.1) is 6.92 Å². The highest BCUT2D eigenvalue weighted by Gasteiger charge is 2.13. The maximum absolute atomic E-state index is 11.7. The van der Waals surface area contributed by atoms with Crippen molar-refractivity contribution in [2.24, 2.45) is 0 Å². The Kier molecular flexibility index (Phi) is 5.95. The van der Waals surface area contributed by atoms with E-state index in [0.29, 0.717) is 25.7 Å². The van der Waals surface area contributed by atoms with Crippen molar-refractivity contribution in [2.45, 2.75) is 38.8 Å². The molecule has 20 heavy (non-hydrogen) atoms. The number of rotatable bonds is 6. The van der Waals surface area contributed by atoms with E-state index in [9.17, 15) is 4.79 Å². The normalized spacial score (nSPS) is 16.1. The topological polar surface area (TPSA) is 63.2 Å². The van der Waals surface area contributed by atoms with Gasteiger partial charge in [0.25, 0.3) is 0 Å². The number of amides is 1. The number of pyridine rings is 1. The molecule has 5 heteroatoms. The molecule has 0 atom stereocenters. The van der Waals surface area contributed by atoms with Crippen molar-refractivity contribution in [2.75, 3.05) is 19.7 Å². The van der Waals surface area contributed by atoms with E-state index in [2.05, 4.69) is 15.6 Å². The first-order valence-corrected chi connectivity index (χ1v) is 7.25. The summed E-state index contributed by atoms with van der Waals surface area (Å²) in [6.07, 6.45) is 2.79. The highest BCUT2D eigenvalue weighted by molar-refractivity contribution is 5.75. The molecule has 1 aromatic rings. The van der Waals surface area contributed by atoms with E-state index in [1.807, 2.05) is 25.1 Å². The van der Waals surface area contributed by atoms with Gasteiger partial charge in [-0.3, -0.25) is 9.78 Å². The van der Waals surface area contributed by atoms with Crippen LogP contribution in [0.15, 0.2) is 18.2 Å². The van der Waals surface area contributed by atoms with E-state index in [1.165, 1.54) is 0 Å². The molecular weight excluding hydrogens is 254 g/mol. The molecule has 2 rings (SSSR count). The fourth-order valence-electron chi connectivity index (χ4n) is 2.26. The Hall–Kier alpha value is -1.46. The second-order valence-electron chi connectivity index (χ2n) is 5.12. The fraction of sp³-hybridized carbons (Fsp3) is 0.600. The van der Waals surface area contributed by atoms with Crippen LogP contribution >= 0.6 is 0 Å². The molecule has 0 unspecified atom stereocenters. The Labute approximate surface area is 120 Å². The summed E-state index contributed by atoms with van der Waals surface area (Å²) in [5.41, 5.74) is 1.85. The third-order valence-corrected chi connectivity index (χ3v) is 3.38. The third-order valence-electron chi connectivity index (χ3n) is 3.38. The van der Waals surface area contributed by atoms with Crippen LogP contribution in [-0.2, 0) is 16.1 Å². The van der Waals surface area contributed by atoms with Crippen molar-refractivity contribution in [3.63, 3.8) is 0 Å². The van der Waals surface area contributed by atoms with Crippen LogP contribution in [0.4, 0.5) is 0 Å². The molecule has 1 fully saturated rings. The molecule has 5 nitrogen and oxygen atoms in total. The Bertz CT molecular complexity index is 431. The smallest absolute Gasteiger partial charge is 0.222 e. The molecule has 1 aliphatic heterocycles. The van der Waals surface area contributed by atoms with Gasteiger partial charge in [0.1, 0.15) is 0 Å². The number of hydrogen-bond acceptors (Lipinski definition) is 4. The minimum Gasteiger partial charge on any atom is -0.378 e. The van der Waals surface area contributed by atoms with Gasteiger partial charge in [-0.05, 0) is 45.0 Å². The quantitative estimate of drug-likeness (QED) is 0.819. The Morgan fingerprint density at radius 1 is 1.45 bits per heavy atom. The molecule has 0 aliphatic carbocycles. The van der Waals surface area contributed by atoms with Gasteiger partial charge in [-0.15, -0.1) is 0 Å². The maximum Gasteiger partial charge on any atom is 0.222 e. The first-order valence-electron chi connectivity index (χ1n) is 7.25. The number of carbonyl (C=O) groups is 1. The highest BCUT2D eigenvalue weighted by Crippen LogP contribution is 2.07.